The predicted molar refractivity (Wildman–Crippen MR) is 299 cm³/mol. The minimum Gasteiger partial charge on any atom is -0.457 e. The quantitative estimate of drug-likeness (QED) is 0.171. The van der Waals surface area contributed by atoms with E-state index >= 15 is 0 Å². The highest BCUT2D eigenvalue weighted by Gasteiger charge is 2.51. The van der Waals surface area contributed by atoms with Gasteiger partial charge in [-0.2, -0.15) is 0 Å². The van der Waals surface area contributed by atoms with Crippen LogP contribution in [0.3, 0.4) is 0 Å². The second kappa shape index (κ2) is 15.5. The normalized spacial score (nSPS) is 14.9. The number of ether oxygens (including phenoxy) is 1. The van der Waals surface area contributed by atoms with E-state index < -0.39 is 10.8 Å². The molecule has 11 aromatic carbocycles. The van der Waals surface area contributed by atoms with Crippen molar-refractivity contribution in [3.8, 4) is 56.0 Å². The van der Waals surface area contributed by atoms with Crippen molar-refractivity contribution in [1.29, 1.82) is 0 Å². The number of rotatable bonds is 5. The number of anilines is 3. The summed E-state index contributed by atoms with van der Waals surface area (Å²) in [5.74, 6) is 1.71. The Morgan fingerprint density at radius 1 is 0.288 bits per heavy atom. The lowest BCUT2D eigenvalue weighted by Crippen LogP contribution is -2.35. The summed E-state index contributed by atoms with van der Waals surface area (Å²) in [4.78, 5) is 2.55. The molecule has 0 atom stereocenters. The third-order valence-corrected chi connectivity index (χ3v) is 16.8. The number of hydrogen-bond acceptors (Lipinski definition) is 2. The van der Waals surface area contributed by atoms with E-state index in [1.165, 1.54) is 89.0 Å². The Bertz CT molecular complexity index is 3950. The van der Waals surface area contributed by atoms with Crippen LogP contribution in [0.1, 0.15) is 69.5 Å². The fraction of sp³-hybridized carbons (Fsp3) is 0.0704. The smallest absolute Gasteiger partial charge is 0.132 e. The second-order valence-corrected chi connectivity index (χ2v) is 20.6. The fourth-order valence-corrected chi connectivity index (χ4v) is 13.9. The molecule has 0 saturated heterocycles. The number of fused-ring (bicyclic) bond motifs is 17. The largest absolute Gasteiger partial charge is 0.457 e. The van der Waals surface area contributed by atoms with E-state index in [0.717, 1.165) is 39.7 Å². The maximum Gasteiger partial charge on any atom is 0.132 e. The van der Waals surface area contributed by atoms with Gasteiger partial charge in [0.1, 0.15) is 11.5 Å². The SMILES string of the molecule is CC1(C)c2ccccc2-c2ccc(N(c3ccc4c(c3)C3(c5ccccc5O4)c4ccccc4-c4ccccc4-c4ccccc43)c3cccc4c3-c3ccccc3C4(c3ccccc3)c3ccccc3)cc21. The van der Waals surface area contributed by atoms with E-state index in [9.17, 15) is 0 Å². The minimum atomic E-state index is -0.763. The highest BCUT2D eigenvalue weighted by Crippen LogP contribution is 2.64. The van der Waals surface area contributed by atoms with E-state index in [1.54, 1.807) is 0 Å². The first-order valence-corrected chi connectivity index (χ1v) is 25.6. The fourth-order valence-electron chi connectivity index (χ4n) is 13.9. The molecule has 1 spiro atoms. The first kappa shape index (κ1) is 41.8. The zero-order chi connectivity index (χ0) is 48.5. The zero-order valence-electron chi connectivity index (χ0n) is 40.7. The molecular formula is C71H49NO. The Labute approximate surface area is 427 Å². The van der Waals surface area contributed by atoms with Gasteiger partial charge in [0.15, 0.2) is 0 Å². The summed E-state index contributed by atoms with van der Waals surface area (Å²) in [6.07, 6.45) is 0. The Kier molecular flexibility index (Phi) is 8.87. The van der Waals surface area contributed by atoms with Crippen molar-refractivity contribution in [2.45, 2.75) is 30.1 Å². The van der Waals surface area contributed by atoms with Crippen LogP contribution in [0.25, 0.3) is 44.5 Å². The lowest BCUT2D eigenvalue weighted by molar-refractivity contribution is 0.435. The van der Waals surface area contributed by atoms with Crippen LogP contribution in [0, 0.1) is 0 Å². The van der Waals surface area contributed by atoms with Gasteiger partial charge in [-0.05, 0) is 126 Å². The van der Waals surface area contributed by atoms with Gasteiger partial charge >= 0.3 is 0 Å². The molecule has 0 aromatic heterocycles. The van der Waals surface area contributed by atoms with Crippen LogP contribution in [-0.2, 0) is 16.2 Å². The molecule has 4 aliphatic rings. The Balaban J connectivity index is 1.06. The van der Waals surface area contributed by atoms with Gasteiger partial charge in [-0.1, -0.05) is 232 Å². The average Bonchev–Trinajstić information content (AvgIpc) is 3.85. The Morgan fingerprint density at radius 3 is 1.33 bits per heavy atom. The van der Waals surface area contributed by atoms with Crippen LogP contribution in [0.2, 0.25) is 0 Å². The molecule has 3 aliphatic carbocycles. The van der Waals surface area contributed by atoms with Gasteiger partial charge in [0.2, 0.25) is 0 Å². The van der Waals surface area contributed by atoms with Crippen molar-refractivity contribution in [1.82, 2.24) is 0 Å². The Hall–Kier alpha value is -8.98. The highest BCUT2D eigenvalue weighted by atomic mass is 16.5. The second-order valence-electron chi connectivity index (χ2n) is 20.6. The first-order chi connectivity index (χ1) is 36.0. The molecule has 11 aromatic rings. The summed E-state index contributed by atoms with van der Waals surface area (Å²) in [6, 6.07) is 97.3. The third kappa shape index (κ3) is 5.58. The number of para-hydroxylation sites is 1. The van der Waals surface area contributed by atoms with E-state index in [-0.39, 0.29) is 5.41 Å². The lowest BCUT2D eigenvalue weighted by Gasteiger charge is -2.43. The van der Waals surface area contributed by atoms with Crippen LogP contribution in [-0.4, -0.2) is 0 Å². The first-order valence-electron chi connectivity index (χ1n) is 25.6. The summed E-state index contributed by atoms with van der Waals surface area (Å²) in [5.41, 5.74) is 24.1. The van der Waals surface area contributed by atoms with Crippen LogP contribution >= 0.6 is 0 Å². The molecule has 0 saturated carbocycles. The van der Waals surface area contributed by atoms with Gasteiger partial charge in [-0.25, -0.2) is 0 Å². The maximum absolute atomic E-state index is 7.15. The van der Waals surface area contributed by atoms with E-state index in [2.05, 4.69) is 280 Å². The Morgan fingerprint density at radius 2 is 0.712 bits per heavy atom. The maximum atomic E-state index is 7.15. The van der Waals surface area contributed by atoms with Gasteiger partial charge in [-0.15, -0.1) is 0 Å². The molecule has 0 fully saturated rings. The highest BCUT2D eigenvalue weighted by molar-refractivity contribution is 5.99. The van der Waals surface area contributed by atoms with Crippen molar-refractivity contribution >= 4 is 17.1 Å². The minimum absolute atomic E-state index is 0.213. The van der Waals surface area contributed by atoms with Gasteiger partial charge in [0, 0.05) is 33.5 Å². The summed E-state index contributed by atoms with van der Waals surface area (Å²) < 4.78 is 7.15. The van der Waals surface area contributed by atoms with Crippen molar-refractivity contribution in [3.63, 3.8) is 0 Å². The molecular weight excluding hydrogens is 883 g/mol. The molecule has 15 rings (SSSR count). The van der Waals surface area contributed by atoms with Crippen LogP contribution in [0.5, 0.6) is 11.5 Å². The van der Waals surface area contributed by atoms with Gasteiger partial charge in [0.25, 0.3) is 0 Å². The van der Waals surface area contributed by atoms with E-state index in [4.69, 9.17) is 4.74 Å². The van der Waals surface area contributed by atoms with Crippen molar-refractivity contribution < 1.29 is 4.74 Å². The standard InChI is InChI=1S/C71H49NO/c1-69(2)57-32-15-11-30-54(57)55-42-40-48(44-63(55)69)72(65-38-21-37-62-68(65)56-31-14-18-35-60(56)70(62,46-22-5-3-6-23-46)47-24-7-4-8-25-47)49-41-43-67-64(45-49)71(61-36-19-20-39-66(61)73-67)58-33-16-12-28-52(58)50-26-9-10-27-51(50)53-29-13-17-34-59(53)71/h3-45H,1-2H3. The molecule has 1 heterocycles. The van der Waals surface area contributed by atoms with E-state index in [0.29, 0.717) is 0 Å². The topological polar surface area (TPSA) is 12.5 Å². The molecule has 0 N–H and O–H groups in total. The van der Waals surface area contributed by atoms with Crippen LogP contribution in [0.4, 0.5) is 17.1 Å². The van der Waals surface area contributed by atoms with Gasteiger partial charge in [0.05, 0.1) is 16.5 Å². The molecule has 344 valence electrons. The summed E-state index contributed by atoms with van der Waals surface area (Å²) >= 11 is 0. The third-order valence-electron chi connectivity index (χ3n) is 16.8. The van der Waals surface area contributed by atoms with E-state index in [1.807, 2.05) is 0 Å². The molecule has 0 radical (unpaired) electrons. The van der Waals surface area contributed by atoms with Crippen LogP contribution < -0.4 is 9.64 Å². The van der Waals surface area contributed by atoms with Crippen molar-refractivity contribution in [2.24, 2.45) is 0 Å². The van der Waals surface area contributed by atoms with Crippen molar-refractivity contribution in [3.05, 3.63) is 316 Å². The molecule has 2 nitrogen and oxygen atoms in total. The van der Waals surface area contributed by atoms with Gasteiger partial charge < -0.3 is 9.64 Å². The lowest BCUT2D eigenvalue weighted by atomic mass is 9.62. The summed E-state index contributed by atoms with van der Waals surface area (Å²) in [7, 11) is 0. The molecule has 0 amide bonds. The number of hydrogen-bond donors (Lipinski definition) is 0. The van der Waals surface area contributed by atoms with Gasteiger partial charge in [-0.3, -0.25) is 0 Å². The summed E-state index contributed by atoms with van der Waals surface area (Å²) in [5, 5.41) is 0. The number of benzene rings is 11. The number of nitrogens with zero attached hydrogens (tertiary/aromatic N) is 1. The molecule has 0 unspecified atom stereocenters. The predicted octanol–water partition coefficient (Wildman–Crippen LogP) is 18.0. The average molecular weight is 932 g/mol. The molecule has 0 bridgehead atoms. The van der Waals surface area contributed by atoms with Crippen LogP contribution in [0.15, 0.2) is 261 Å². The summed E-state index contributed by atoms with van der Waals surface area (Å²) in [6.45, 7) is 4.76. The molecule has 2 heteroatoms. The monoisotopic (exact) mass is 931 g/mol. The molecule has 1 aliphatic heterocycles. The molecule has 73 heavy (non-hydrogen) atoms. The zero-order valence-corrected chi connectivity index (χ0v) is 40.7. The van der Waals surface area contributed by atoms with Crippen molar-refractivity contribution in [2.75, 3.05) is 4.90 Å².